The molecule has 2 aliphatic heterocycles. The SMILES string of the molecule is c1ccc2c3nc4ccccn4cc-3nc2c1. The molecule has 4 rings (SSSR count). The van der Waals surface area contributed by atoms with E-state index in [2.05, 4.69) is 16.0 Å². The lowest BCUT2D eigenvalue weighted by molar-refractivity contribution is 1.09. The van der Waals surface area contributed by atoms with Crippen LogP contribution in [0.4, 0.5) is 0 Å². The summed E-state index contributed by atoms with van der Waals surface area (Å²) >= 11 is 0. The summed E-state index contributed by atoms with van der Waals surface area (Å²) in [5, 5.41) is 1.12. The highest BCUT2D eigenvalue weighted by Gasteiger charge is 2.13. The van der Waals surface area contributed by atoms with Crippen molar-refractivity contribution in [2.24, 2.45) is 0 Å². The van der Waals surface area contributed by atoms with Gasteiger partial charge in [-0.1, -0.05) is 24.3 Å². The van der Waals surface area contributed by atoms with Gasteiger partial charge in [0.05, 0.1) is 5.52 Å². The van der Waals surface area contributed by atoms with Crippen LogP contribution < -0.4 is 0 Å². The highest BCUT2D eigenvalue weighted by atomic mass is 15.0. The van der Waals surface area contributed by atoms with Crippen molar-refractivity contribution in [1.82, 2.24) is 14.4 Å². The molecule has 0 N–H and O–H groups in total. The summed E-state index contributed by atoms with van der Waals surface area (Å²) in [7, 11) is 0. The zero-order valence-corrected chi connectivity index (χ0v) is 9.04. The van der Waals surface area contributed by atoms with E-state index in [4.69, 9.17) is 0 Å². The highest BCUT2D eigenvalue weighted by molar-refractivity contribution is 5.95. The molecule has 80 valence electrons. The molecule has 0 fully saturated rings. The quantitative estimate of drug-likeness (QED) is 0.455. The minimum Gasteiger partial charge on any atom is -0.306 e. The van der Waals surface area contributed by atoms with Gasteiger partial charge in [0, 0.05) is 17.8 Å². The third-order valence-electron chi connectivity index (χ3n) is 3.00. The number of rotatable bonds is 0. The lowest BCUT2D eigenvalue weighted by Gasteiger charge is -2.03. The summed E-state index contributed by atoms with van der Waals surface area (Å²) in [6.07, 6.45) is 4.01. The third-order valence-corrected chi connectivity index (χ3v) is 3.00. The van der Waals surface area contributed by atoms with Crippen molar-refractivity contribution in [3.8, 4) is 11.4 Å². The van der Waals surface area contributed by atoms with Crippen LogP contribution in [0.2, 0.25) is 0 Å². The van der Waals surface area contributed by atoms with Gasteiger partial charge in [0.25, 0.3) is 0 Å². The maximum absolute atomic E-state index is 4.67. The maximum Gasteiger partial charge on any atom is 0.137 e. The normalized spacial score (nSPS) is 11.5. The number of nitrogens with zero attached hydrogens (tertiary/aromatic N) is 3. The number of para-hydroxylation sites is 1. The molecule has 1 aromatic heterocycles. The van der Waals surface area contributed by atoms with Crippen LogP contribution in [0, 0.1) is 0 Å². The Labute approximate surface area is 97.7 Å². The minimum atomic E-state index is 0.940. The van der Waals surface area contributed by atoms with Crippen molar-refractivity contribution in [3.05, 3.63) is 54.9 Å². The average Bonchev–Trinajstić information content (AvgIpc) is 2.73. The van der Waals surface area contributed by atoms with E-state index in [-0.39, 0.29) is 0 Å². The molecular weight excluding hydrogens is 210 g/mol. The summed E-state index contributed by atoms with van der Waals surface area (Å²) < 4.78 is 1.99. The standard InChI is InChI=1S/C14H9N3/c1-2-6-11-10(5-1)14-12(15-11)9-17-8-4-3-7-13(17)16-14/h1-9H. The van der Waals surface area contributed by atoms with Gasteiger partial charge in [-0.3, -0.25) is 0 Å². The lowest BCUT2D eigenvalue weighted by Crippen LogP contribution is -1.94. The summed E-state index contributed by atoms with van der Waals surface area (Å²) in [5.74, 6) is 0. The van der Waals surface area contributed by atoms with Gasteiger partial charge in [-0.25, -0.2) is 9.97 Å². The van der Waals surface area contributed by atoms with E-state index in [1.165, 1.54) is 0 Å². The number of aromatic nitrogens is 3. The van der Waals surface area contributed by atoms with Gasteiger partial charge in [-0.15, -0.1) is 0 Å². The second-order valence-corrected chi connectivity index (χ2v) is 4.07. The molecule has 0 spiro atoms. The molecule has 0 aliphatic carbocycles. The number of hydrogen-bond acceptors (Lipinski definition) is 2. The fourth-order valence-corrected chi connectivity index (χ4v) is 2.20. The minimum absolute atomic E-state index is 0.940. The Morgan fingerprint density at radius 2 is 1.76 bits per heavy atom. The zero-order valence-electron chi connectivity index (χ0n) is 9.04. The molecule has 17 heavy (non-hydrogen) atoms. The molecule has 0 amide bonds. The van der Waals surface area contributed by atoms with Crippen molar-refractivity contribution in [3.63, 3.8) is 0 Å². The van der Waals surface area contributed by atoms with Gasteiger partial charge in [0.1, 0.15) is 17.0 Å². The van der Waals surface area contributed by atoms with E-state index in [1.807, 2.05) is 53.2 Å². The van der Waals surface area contributed by atoms with Crippen molar-refractivity contribution in [2.75, 3.05) is 0 Å². The molecule has 0 unspecified atom stereocenters. The fraction of sp³-hybridized carbons (Fsp3) is 0. The van der Waals surface area contributed by atoms with Gasteiger partial charge in [0.2, 0.25) is 0 Å². The molecule has 3 heteroatoms. The van der Waals surface area contributed by atoms with Crippen molar-refractivity contribution in [2.45, 2.75) is 0 Å². The first kappa shape index (κ1) is 8.70. The van der Waals surface area contributed by atoms with E-state index in [0.717, 1.165) is 27.9 Å². The fourth-order valence-electron chi connectivity index (χ4n) is 2.20. The Morgan fingerprint density at radius 1 is 0.882 bits per heavy atom. The van der Waals surface area contributed by atoms with Crippen LogP contribution >= 0.6 is 0 Å². The number of hydrogen-bond donors (Lipinski definition) is 0. The third kappa shape index (κ3) is 1.16. The van der Waals surface area contributed by atoms with Gasteiger partial charge in [0.15, 0.2) is 0 Å². The zero-order chi connectivity index (χ0) is 11.2. The van der Waals surface area contributed by atoms with Crippen molar-refractivity contribution >= 4 is 16.6 Å². The Bertz CT molecular complexity index is 795. The monoisotopic (exact) mass is 219 g/mol. The van der Waals surface area contributed by atoms with E-state index >= 15 is 0 Å². The van der Waals surface area contributed by atoms with E-state index in [0.29, 0.717) is 0 Å². The van der Waals surface area contributed by atoms with Gasteiger partial charge >= 0.3 is 0 Å². The van der Waals surface area contributed by atoms with E-state index in [1.54, 1.807) is 0 Å². The summed E-state index contributed by atoms with van der Waals surface area (Å²) in [4.78, 5) is 9.25. The molecule has 0 saturated heterocycles. The predicted molar refractivity (Wildman–Crippen MR) is 67.1 cm³/mol. The van der Waals surface area contributed by atoms with Crippen LogP contribution in [0.3, 0.4) is 0 Å². The molecular formula is C14H9N3. The van der Waals surface area contributed by atoms with Crippen molar-refractivity contribution in [1.29, 1.82) is 0 Å². The van der Waals surface area contributed by atoms with Crippen LogP contribution in [0.25, 0.3) is 27.9 Å². The molecule has 2 aliphatic rings. The second kappa shape index (κ2) is 3.04. The topological polar surface area (TPSA) is 30.2 Å². The van der Waals surface area contributed by atoms with Crippen LogP contribution in [0.5, 0.6) is 0 Å². The summed E-state index contributed by atoms with van der Waals surface area (Å²) in [6.45, 7) is 0. The summed E-state index contributed by atoms with van der Waals surface area (Å²) in [6, 6.07) is 14.1. The van der Waals surface area contributed by atoms with Crippen LogP contribution in [0.1, 0.15) is 0 Å². The number of benzene rings is 1. The number of pyridine rings is 1. The van der Waals surface area contributed by atoms with Crippen LogP contribution in [0.15, 0.2) is 54.9 Å². The Hall–Kier alpha value is -2.42. The molecule has 0 radical (unpaired) electrons. The second-order valence-electron chi connectivity index (χ2n) is 4.07. The van der Waals surface area contributed by atoms with Gasteiger partial charge < -0.3 is 4.40 Å². The molecule has 0 atom stereocenters. The van der Waals surface area contributed by atoms with E-state index in [9.17, 15) is 0 Å². The maximum atomic E-state index is 4.67. The largest absolute Gasteiger partial charge is 0.306 e. The molecule has 0 saturated carbocycles. The van der Waals surface area contributed by atoms with Crippen molar-refractivity contribution < 1.29 is 0 Å². The first-order valence-electron chi connectivity index (χ1n) is 5.54. The van der Waals surface area contributed by atoms with E-state index < -0.39 is 0 Å². The van der Waals surface area contributed by atoms with Crippen LogP contribution in [-0.2, 0) is 0 Å². The Kier molecular flexibility index (Phi) is 1.56. The Morgan fingerprint density at radius 3 is 2.76 bits per heavy atom. The smallest absolute Gasteiger partial charge is 0.137 e. The Balaban J connectivity index is 2.25. The predicted octanol–water partition coefficient (Wildman–Crippen LogP) is 2.99. The lowest BCUT2D eigenvalue weighted by atomic mass is 10.2. The molecule has 0 bridgehead atoms. The summed E-state index contributed by atoms with van der Waals surface area (Å²) in [5.41, 5.74) is 3.87. The molecule has 3 nitrogen and oxygen atoms in total. The first-order chi connectivity index (χ1) is 8.42. The average molecular weight is 219 g/mol. The number of fused-ring (bicyclic) bond motifs is 4. The van der Waals surface area contributed by atoms with Crippen LogP contribution in [-0.4, -0.2) is 14.4 Å². The highest BCUT2D eigenvalue weighted by Crippen LogP contribution is 2.28. The molecule has 2 aromatic rings. The van der Waals surface area contributed by atoms with Gasteiger partial charge in [-0.05, 0) is 18.2 Å². The first-order valence-corrected chi connectivity index (χ1v) is 5.54. The molecule has 3 heterocycles. The van der Waals surface area contributed by atoms with Gasteiger partial charge in [-0.2, -0.15) is 0 Å². The molecule has 1 aromatic carbocycles.